The molecule has 29 heavy (non-hydrogen) atoms. The summed E-state index contributed by atoms with van der Waals surface area (Å²) in [6.07, 6.45) is 3.63. The molecule has 1 aliphatic rings. The summed E-state index contributed by atoms with van der Waals surface area (Å²) in [7, 11) is 0. The van der Waals surface area contributed by atoms with Crippen LogP contribution in [-0.2, 0) is 0 Å². The summed E-state index contributed by atoms with van der Waals surface area (Å²) in [6, 6.07) is 14.7. The molecular weight excluding hydrogens is 407 g/mol. The summed E-state index contributed by atoms with van der Waals surface area (Å²) >= 11 is 12.7. The number of amides is 1. The lowest BCUT2D eigenvalue weighted by atomic mass is 10.1. The van der Waals surface area contributed by atoms with Crippen LogP contribution in [0.1, 0.15) is 35.4 Å². The number of aryl methyl sites for hydroxylation is 1. The number of benzene rings is 2. The first-order chi connectivity index (χ1) is 14.0. The Kier molecular flexibility index (Phi) is 5.84. The van der Waals surface area contributed by atoms with E-state index in [-0.39, 0.29) is 11.7 Å². The number of anilines is 2. The van der Waals surface area contributed by atoms with Crippen molar-refractivity contribution in [2.45, 2.75) is 26.2 Å². The lowest BCUT2D eigenvalue weighted by molar-refractivity contribution is 0.0997. The van der Waals surface area contributed by atoms with Gasteiger partial charge in [-0.3, -0.25) is 4.79 Å². The number of hydrogen-bond acceptors (Lipinski definition) is 3. The number of halogens is 2. The Morgan fingerprint density at radius 2 is 1.76 bits per heavy atom. The summed E-state index contributed by atoms with van der Waals surface area (Å²) < 4.78 is 5.74. The average Bonchev–Trinajstić information content (AvgIpc) is 3.21. The average molecular weight is 429 g/mol. The summed E-state index contributed by atoms with van der Waals surface area (Å²) in [5.74, 6) is 0.500. The van der Waals surface area contributed by atoms with Crippen LogP contribution >= 0.6 is 23.2 Å². The Balaban J connectivity index is 1.47. The van der Waals surface area contributed by atoms with E-state index in [1.165, 1.54) is 19.3 Å². The normalized spacial score (nSPS) is 14.1. The van der Waals surface area contributed by atoms with Crippen molar-refractivity contribution in [3.05, 3.63) is 69.9 Å². The highest BCUT2D eigenvalue weighted by atomic mass is 35.5. The van der Waals surface area contributed by atoms with E-state index in [2.05, 4.69) is 10.2 Å². The fourth-order valence-corrected chi connectivity index (χ4v) is 4.01. The first kappa shape index (κ1) is 19.9. The first-order valence-corrected chi connectivity index (χ1v) is 10.5. The molecule has 3 aromatic rings. The number of piperidine rings is 1. The molecule has 1 saturated heterocycles. The molecule has 0 atom stereocenters. The van der Waals surface area contributed by atoms with E-state index < -0.39 is 0 Å². The molecule has 2 heterocycles. The number of hydrogen-bond donors (Lipinski definition) is 1. The summed E-state index contributed by atoms with van der Waals surface area (Å²) in [5, 5.41) is 4.15. The van der Waals surface area contributed by atoms with E-state index in [1.54, 1.807) is 18.2 Å². The molecule has 2 aromatic carbocycles. The van der Waals surface area contributed by atoms with Crippen molar-refractivity contribution < 1.29 is 9.21 Å². The van der Waals surface area contributed by atoms with Crippen LogP contribution in [0, 0.1) is 6.92 Å². The van der Waals surface area contributed by atoms with E-state index in [0.717, 1.165) is 29.9 Å². The zero-order chi connectivity index (χ0) is 20.4. The van der Waals surface area contributed by atoms with E-state index in [9.17, 15) is 4.79 Å². The number of nitrogens with one attached hydrogen (secondary N) is 1. The van der Waals surface area contributed by atoms with Crippen LogP contribution in [-0.4, -0.2) is 19.0 Å². The second kappa shape index (κ2) is 8.52. The highest BCUT2D eigenvalue weighted by Crippen LogP contribution is 2.31. The molecule has 1 aliphatic heterocycles. The Morgan fingerprint density at radius 3 is 2.48 bits per heavy atom. The van der Waals surface area contributed by atoms with Crippen molar-refractivity contribution >= 4 is 40.5 Å². The Morgan fingerprint density at radius 1 is 0.966 bits per heavy atom. The van der Waals surface area contributed by atoms with Gasteiger partial charge in [0.05, 0.1) is 10.7 Å². The molecule has 1 N–H and O–H groups in total. The minimum Gasteiger partial charge on any atom is -0.451 e. The van der Waals surface area contributed by atoms with Crippen LogP contribution in [0.5, 0.6) is 0 Å². The van der Waals surface area contributed by atoms with Gasteiger partial charge in [0, 0.05) is 29.4 Å². The largest absolute Gasteiger partial charge is 0.451 e. The zero-order valence-electron chi connectivity index (χ0n) is 16.2. The molecular formula is C23H22Cl2N2O2. The number of carbonyl (C=O) groups excluding carboxylic acids is 1. The van der Waals surface area contributed by atoms with Gasteiger partial charge in [0.25, 0.3) is 5.91 Å². The monoisotopic (exact) mass is 428 g/mol. The lowest BCUT2D eigenvalue weighted by Gasteiger charge is -2.29. The Hall–Kier alpha value is -2.43. The SMILES string of the molecule is Cc1ccc(-c2ccc(C(=O)Nc3ccc(N4CCCCC4)c(Cl)c3)o2)cc1Cl. The van der Waals surface area contributed by atoms with E-state index >= 15 is 0 Å². The molecule has 1 fully saturated rings. The molecule has 0 saturated carbocycles. The van der Waals surface area contributed by atoms with Crippen LogP contribution in [0.4, 0.5) is 11.4 Å². The molecule has 4 rings (SSSR count). The third-order valence-electron chi connectivity index (χ3n) is 5.19. The maximum atomic E-state index is 12.6. The number of rotatable bonds is 4. The molecule has 0 unspecified atom stereocenters. The third-order valence-corrected chi connectivity index (χ3v) is 5.90. The number of nitrogens with zero attached hydrogens (tertiary/aromatic N) is 1. The lowest BCUT2D eigenvalue weighted by Crippen LogP contribution is -2.29. The van der Waals surface area contributed by atoms with Gasteiger partial charge >= 0.3 is 0 Å². The molecule has 0 aliphatic carbocycles. The minimum absolute atomic E-state index is 0.230. The van der Waals surface area contributed by atoms with Gasteiger partial charge < -0.3 is 14.6 Å². The fourth-order valence-electron chi connectivity index (χ4n) is 3.53. The molecule has 150 valence electrons. The van der Waals surface area contributed by atoms with Gasteiger partial charge in [-0.25, -0.2) is 0 Å². The fraction of sp³-hybridized carbons (Fsp3) is 0.261. The van der Waals surface area contributed by atoms with Crippen molar-refractivity contribution in [3.63, 3.8) is 0 Å². The highest BCUT2D eigenvalue weighted by molar-refractivity contribution is 6.33. The second-order valence-corrected chi connectivity index (χ2v) is 8.11. The summed E-state index contributed by atoms with van der Waals surface area (Å²) in [5.41, 5.74) is 3.47. The van der Waals surface area contributed by atoms with Crippen LogP contribution in [0.15, 0.2) is 52.9 Å². The number of carbonyl (C=O) groups is 1. The predicted octanol–water partition coefficient (Wildman–Crippen LogP) is 6.80. The quantitative estimate of drug-likeness (QED) is 0.496. The Labute approximate surface area is 180 Å². The van der Waals surface area contributed by atoms with Crippen molar-refractivity contribution in [2.75, 3.05) is 23.3 Å². The van der Waals surface area contributed by atoms with Crippen LogP contribution in [0.25, 0.3) is 11.3 Å². The van der Waals surface area contributed by atoms with Gasteiger partial charge in [-0.2, -0.15) is 0 Å². The molecule has 4 nitrogen and oxygen atoms in total. The van der Waals surface area contributed by atoms with Gasteiger partial charge in [-0.05, 0) is 68.1 Å². The zero-order valence-corrected chi connectivity index (χ0v) is 17.7. The van der Waals surface area contributed by atoms with Gasteiger partial charge in [-0.15, -0.1) is 0 Å². The van der Waals surface area contributed by atoms with Gasteiger partial charge in [-0.1, -0.05) is 35.3 Å². The molecule has 1 aromatic heterocycles. The maximum absolute atomic E-state index is 12.6. The van der Waals surface area contributed by atoms with Gasteiger partial charge in [0.1, 0.15) is 5.76 Å². The van der Waals surface area contributed by atoms with E-state index in [0.29, 0.717) is 21.5 Å². The van der Waals surface area contributed by atoms with E-state index in [4.69, 9.17) is 27.6 Å². The van der Waals surface area contributed by atoms with Gasteiger partial charge in [0.2, 0.25) is 0 Å². The van der Waals surface area contributed by atoms with E-state index in [1.807, 2.05) is 37.3 Å². The molecule has 0 bridgehead atoms. The maximum Gasteiger partial charge on any atom is 0.291 e. The molecule has 0 spiro atoms. The minimum atomic E-state index is -0.323. The summed E-state index contributed by atoms with van der Waals surface area (Å²) in [4.78, 5) is 14.9. The second-order valence-electron chi connectivity index (χ2n) is 7.30. The van der Waals surface area contributed by atoms with Crippen LogP contribution in [0.2, 0.25) is 10.0 Å². The smallest absolute Gasteiger partial charge is 0.291 e. The van der Waals surface area contributed by atoms with Crippen molar-refractivity contribution in [2.24, 2.45) is 0 Å². The predicted molar refractivity (Wildman–Crippen MR) is 119 cm³/mol. The first-order valence-electron chi connectivity index (χ1n) is 9.73. The molecule has 1 amide bonds. The van der Waals surface area contributed by atoms with Crippen LogP contribution in [0.3, 0.4) is 0 Å². The third kappa shape index (κ3) is 4.44. The van der Waals surface area contributed by atoms with Gasteiger partial charge in [0.15, 0.2) is 5.76 Å². The number of furan rings is 1. The highest BCUT2D eigenvalue weighted by Gasteiger charge is 2.16. The van der Waals surface area contributed by atoms with Crippen molar-refractivity contribution in [3.8, 4) is 11.3 Å². The topological polar surface area (TPSA) is 45.5 Å². The summed E-state index contributed by atoms with van der Waals surface area (Å²) in [6.45, 7) is 3.97. The van der Waals surface area contributed by atoms with Crippen LogP contribution < -0.4 is 10.2 Å². The Bertz CT molecular complexity index is 1040. The van der Waals surface area contributed by atoms with Crippen molar-refractivity contribution in [1.82, 2.24) is 0 Å². The molecule has 6 heteroatoms. The van der Waals surface area contributed by atoms with Crippen molar-refractivity contribution in [1.29, 1.82) is 0 Å². The standard InChI is InChI=1S/C23H22Cl2N2O2/c1-15-5-6-16(13-18(15)24)21-9-10-22(29-21)23(28)26-17-7-8-20(19(25)14-17)27-11-3-2-4-12-27/h5-10,13-14H,2-4,11-12H2,1H3,(H,26,28). The molecule has 0 radical (unpaired) electrons.